The van der Waals surface area contributed by atoms with Crippen molar-refractivity contribution in [3.63, 3.8) is 0 Å². The molecule has 0 bridgehead atoms. The lowest BCUT2D eigenvalue weighted by Crippen LogP contribution is -2.58. The molecule has 1 fully saturated rings. The van der Waals surface area contributed by atoms with Gasteiger partial charge in [-0.1, -0.05) is 18.5 Å². The van der Waals surface area contributed by atoms with Gasteiger partial charge in [0.15, 0.2) is 6.61 Å². The van der Waals surface area contributed by atoms with Gasteiger partial charge in [-0.2, -0.15) is 0 Å². The zero-order valence-electron chi connectivity index (χ0n) is 15.8. The van der Waals surface area contributed by atoms with Crippen LogP contribution in [0.2, 0.25) is 5.02 Å². The molecule has 2 rings (SSSR count). The van der Waals surface area contributed by atoms with Crippen molar-refractivity contribution >= 4 is 29.4 Å². The van der Waals surface area contributed by atoms with Gasteiger partial charge < -0.3 is 19.7 Å². The lowest BCUT2D eigenvalue weighted by molar-refractivity contribution is -0.155. The van der Waals surface area contributed by atoms with E-state index in [1.165, 1.54) is 4.90 Å². The molecule has 1 saturated heterocycles. The SMILES string of the molecule is CCC(C)OC(=O)CC1C(=O)NCCN1C(=O)COc1ccc(Cl)cc1C. The second-order valence-corrected chi connectivity index (χ2v) is 6.94. The van der Waals surface area contributed by atoms with E-state index in [4.69, 9.17) is 21.1 Å². The van der Waals surface area contributed by atoms with E-state index in [9.17, 15) is 14.4 Å². The summed E-state index contributed by atoms with van der Waals surface area (Å²) in [4.78, 5) is 38.2. The van der Waals surface area contributed by atoms with Gasteiger partial charge in [0.2, 0.25) is 5.91 Å². The Labute approximate surface area is 163 Å². The fourth-order valence-electron chi connectivity index (χ4n) is 2.73. The van der Waals surface area contributed by atoms with Gasteiger partial charge in [-0.3, -0.25) is 14.4 Å². The van der Waals surface area contributed by atoms with E-state index < -0.39 is 12.0 Å². The van der Waals surface area contributed by atoms with Gasteiger partial charge >= 0.3 is 5.97 Å². The highest BCUT2D eigenvalue weighted by atomic mass is 35.5. The monoisotopic (exact) mass is 396 g/mol. The Bertz CT molecular complexity index is 709. The van der Waals surface area contributed by atoms with Gasteiger partial charge in [0.05, 0.1) is 12.5 Å². The molecular weight excluding hydrogens is 372 g/mol. The Hall–Kier alpha value is -2.28. The summed E-state index contributed by atoms with van der Waals surface area (Å²) in [6.07, 6.45) is 0.269. The minimum Gasteiger partial charge on any atom is -0.483 e. The van der Waals surface area contributed by atoms with Crippen molar-refractivity contribution in [3.05, 3.63) is 28.8 Å². The van der Waals surface area contributed by atoms with Crippen LogP contribution < -0.4 is 10.1 Å². The Morgan fingerprint density at radius 2 is 2.15 bits per heavy atom. The summed E-state index contributed by atoms with van der Waals surface area (Å²) in [5.41, 5.74) is 0.806. The number of hydrogen-bond acceptors (Lipinski definition) is 5. The molecule has 1 aliphatic heterocycles. The normalized spacial score (nSPS) is 17.9. The average molecular weight is 397 g/mol. The average Bonchev–Trinajstić information content (AvgIpc) is 2.62. The van der Waals surface area contributed by atoms with Crippen molar-refractivity contribution in [2.45, 2.75) is 45.8 Å². The zero-order chi connectivity index (χ0) is 20.0. The topological polar surface area (TPSA) is 84.9 Å². The maximum Gasteiger partial charge on any atom is 0.308 e. The van der Waals surface area contributed by atoms with Crippen LogP contribution >= 0.6 is 11.6 Å². The molecule has 1 N–H and O–H groups in total. The fourth-order valence-corrected chi connectivity index (χ4v) is 2.95. The van der Waals surface area contributed by atoms with Crippen molar-refractivity contribution in [2.75, 3.05) is 19.7 Å². The van der Waals surface area contributed by atoms with Gasteiger partial charge in [-0.05, 0) is 44.0 Å². The zero-order valence-corrected chi connectivity index (χ0v) is 16.5. The molecule has 2 amide bonds. The van der Waals surface area contributed by atoms with Crippen LogP contribution in [0.4, 0.5) is 0 Å². The molecule has 2 atom stereocenters. The Morgan fingerprint density at radius 1 is 1.41 bits per heavy atom. The number of benzene rings is 1. The van der Waals surface area contributed by atoms with E-state index in [1.54, 1.807) is 25.1 Å². The van der Waals surface area contributed by atoms with Crippen LogP contribution in [0.5, 0.6) is 5.75 Å². The smallest absolute Gasteiger partial charge is 0.308 e. The van der Waals surface area contributed by atoms with Crippen LogP contribution in [0.15, 0.2) is 18.2 Å². The Kier molecular flexibility index (Phi) is 7.47. The number of hydrogen-bond donors (Lipinski definition) is 1. The standard InChI is InChI=1S/C19H25ClN2O5/c1-4-13(3)27-18(24)10-15-19(25)21-7-8-22(15)17(23)11-26-16-6-5-14(20)9-12(16)2/h5-6,9,13,15H,4,7-8,10-11H2,1-3H3,(H,21,25). The van der Waals surface area contributed by atoms with E-state index in [0.717, 1.165) is 5.56 Å². The summed E-state index contributed by atoms with van der Waals surface area (Å²) in [6, 6.07) is 4.21. The number of esters is 1. The molecule has 0 radical (unpaired) electrons. The molecule has 2 unspecified atom stereocenters. The molecule has 1 aromatic rings. The summed E-state index contributed by atoms with van der Waals surface area (Å²) >= 11 is 5.91. The number of carbonyl (C=O) groups is 3. The van der Waals surface area contributed by atoms with Crippen LogP contribution in [0.25, 0.3) is 0 Å². The van der Waals surface area contributed by atoms with Crippen molar-refractivity contribution in [1.82, 2.24) is 10.2 Å². The lowest BCUT2D eigenvalue weighted by atomic mass is 10.1. The number of ether oxygens (including phenoxy) is 2. The Balaban J connectivity index is 2.00. The first-order valence-corrected chi connectivity index (χ1v) is 9.35. The van der Waals surface area contributed by atoms with Crippen molar-refractivity contribution in [2.24, 2.45) is 0 Å². The minimum absolute atomic E-state index is 0.179. The molecule has 0 saturated carbocycles. The third-order valence-electron chi connectivity index (χ3n) is 4.41. The number of piperazine rings is 1. The first kappa shape index (κ1) is 21.0. The minimum atomic E-state index is -0.891. The van der Waals surface area contributed by atoms with E-state index in [-0.39, 0.29) is 30.9 Å². The van der Waals surface area contributed by atoms with Crippen molar-refractivity contribution < 1.29 is 23.9 Å². The van der Waals surface area contributed by atoms with Gasteiger partial charge in [0, 0.05) is 18.1 Å². The summed E-state index contributed by atoms with van der Waals surface area (Å²) in [5.74, 6) is -0.681. The second kappa shape index (κ2) is 9.60. The van der Waals surface area contributed by atoms with Crippen LogP contribution in [-0.4, -0.2) is 54.5 Å². The van der Waals surface area contributed by atoms with Crippen molar-refractivity contribution in [1.29, 1.82) is 0 Å². The molecular formula is C19H25ClN2O5. The Morgan fingerprint density at radius 3 is 2.81 bits per heavy atom. The number of carbonyl (C=O) groups excluding carboxylic acids is 3. The van der Waals surface area contributed by atoms with Gasteiger partial charge in [0.25, 0.3) is 5.91 Å². The predicted octanol–water partition coefficient (Wildman–Crippen LogP) is 2.09. The number of rotatable bonds is 7. The third kappa shape index (κ3) is 5.85. The van der Waals surface area contributed by atoms with E-state index in [0.29, 0.717) is 30.3 Å². The van der Waals surface area contributed by atoms with Gasteiger partial charge in [-0.15, -0.1) is 0 Å². The van der Waals surface area contributed by atoms with Crippen molar-refractivity contribution in [3.8, 4) is 5.75 Å². The molecule has 8 heteroatoms. The van der Waals surface area contributed by atoms with Crippen LogP contribution in [0.3, 0.4) is 0 Å². The fraction of sp³-hybridized carbons (Fsp3) is 0.526. The number of aryl methyl sites for hydroxylation is 1. The molecule has 27 heavy (non-hydrogen) atoms. The quantitative estimate of drug-likeness (QED) is 0.713. The van der Waals surface area contributed by atoms with Gasteiger partial charge in [0.1, 0.15) is 11.8 Å². The number of halogens is 1. The van der Waals surface area contributed by atoms with E-state index in [2.05, 4.69) is 5.32 Å². The van der Waals surface area contributed by atoms with Crippen LogP contribution in [-0.2, 0) is 19.1 Å². The van der Waals surface area contributed by atoms with Gasteiger partial charge in [-0.25, -0.2) is 0 Å². The highest BCUT2D eigenvalue weighted by Gasteiger charge is 2.35. The molecule has 148 valence electrons. The lowest BCUT2D eigenvalue weighted by Gasteiger charge is -2.34. The molecule has 0 spiro atoms. The molecule has 1 aromatic carbocycles. The number of amides is 2. The van der Waals surface area contributed by atoms with Crippen LogP contribution in [0.1, 0.15) is 32.3 Å². The molecule has 7 nitrogen and oxygen atoms in total. The molecule has 0 aliphatic carbocycles. The first-order valence-electron chi connectivity index (χ1n) is 8.97. The number of nitrogens with zero attached hydrogens (tertiary/aromatic N) is 1. The molecule has 1 heterocycles. The first-order chi connectivity index (χ1) is 12.8. The highest BCUT2D eigenvalue weighted by molar-refractivity contribution is 6.30. The summed E-state index contributed by atoms with van der Waals surface area (Å²) in [6.45, 7) is 5.93. The summed E-state index contributed by atoms with van der Waals surface area (Å²) < 4.78 is 10.8. The highest BCUT2D eigenvalue weighted by Crippen LogP contribution is 2.22. The molecule has 0 aromatic heterocycles. The summed E-state index contributed by atoms with van der Waals surface area (Å²) in [5, 5.41) is 3.26. The third-order valence-corrected chi connectivity index (χ3v) is 4.64. The maximum atomic E-state index is 12.6. The predicted molar refractivity (Wildman–Crippen MR) is 101 cm³/mol. The number of nitrogens with one attached hydrogen (secondary N) is 1. The van der Waals surface area contributed by atoms with Crippen LogP contribution in [0, 0.1) is 6.92 Å². The molecule has 1 aliphatic rings. The maximum absolute atomic E-state index is 12.6. The van der Waals surface area contributed by atoms with E-state index >= 15 is 0 Å². The summed E-state index contributed by atoms with van der Waals surface area (Å²) in [7, 11) is 0. The van der Waals surface area contributed by atoms with E-state index in [1.807, 2.05) is 13.8 Å². The largest absolute Gasteiger partial charge is 0.483 e. The second-order valence-electron chi connectivity index (χ2n) is 6.51.